The summed E-state index contributed by atoms with van der Waals surface area (Å²) in [5.74, 6) is -0.579. The van der Waals surface area contributed by atoms with E-state index >= 15 is 0 Å². The average Bonchev–Trinajstić information content (AvgIpc) is 2.92. The van der Waals surface area contributed by atoms with Gasteiger partial charge in [-0.15, -0.1) is 0 Å². The zero-order valence-electron chi connectivity index (χ0n) is 14.7. The maximum atomic E-state index is 12.9. The molecule has 25 heavy (non-hydrogen) atoms. The number of benzene rings is 1. The topological polar surface area (TPSA) is 83.8 Å². The van der Waals surface area contributed by atoms with Gasteiger partial charge < -0.3 is 14.9 Å². The van der Waals surface area contributed by atoms with E-state index in [1.807, 2.05) is 20.8 Å². The largest absolute Gasteiger partial charge is 0.508 e. The summed E-state index contributed by atoms with van der Waals surface area (Å²) in [6.07, 6.45) is 1.44. The predicted octanol–water partition coefficient (Wildman–Crippen LogP) is 3.33. The molecule has 4 rings (SSSR count). The lowest BCUT2D eigenvalue weighted by Crippen LogP contribution is -2.43. The van der Waals surface area contributed by atoms with Crippen molar-refractivity contribution < 1.29 is 24.5 Å². The van der Waals surface area contributed by atoms with Crippen molar-refractivity contribution in [3.8, 4) is 11.5 Å². The molecular formula is C20H22O5. The summed E-state index contributed by atoms with van der Waals surface area (Å²) < 4.78 is 5.19. The molecular weight excluding hydrogens is 320 g/mol. The maximum absolute atomic E-state index is 12.9. The van der Waals surface area contributed by atoms with Gasteiger partial charge in [0.05, 0.1) is 5.56 Å². The van der Waals surface area contributed by atoms with Crippen LogP contribution in [-0.2, 0) is 14.9 Å². The summed E-state index contributed by atoms with van der Waals surface area (Å²) in [6, 6.07) is 1.58. The third-order valence-electron chi connectivity index (χ3n) is 6.25. The SMILES string of the molecule is CC(C)c1cc(O)c2c(c1O)C(=O)CC1C3=C(CCC21C)C(=O)OC3. The van der Waals surface area contributed by atoms with Gasteiger partial charge in [-0.3, -0.25) is 4.79 Å². The van der Waals surface area contributed by atoms with Gasteiger partial charge in [-0.1, -0.05) is 20.8 Å². The molecule has 0 fully saturated rings. The number of fused-ring (bicyclic) bond motifs is 4. The highest BCUT2D eigenvalue weighted by Gasteiger charge is 2.52. The van der Waals surface area contributed by atoms with Crippen LogP contribution in [0.2, 0.25) is 0 Å². The van der Waals surface area contributed by atoms with E-state index in [1.54, 1.807) is 6.07 Å². The van der Waals surface area contributed by atoms with Crippen molar-refractivity contribution in [3.05, 3.63) is 33.9 Å². The van der Waals surface area contributed by atoms with E-state index in [1.165, 1.54) is 0 Å². The van der Waals surface area contributed by atoms with Gasteiger partial charge in [0, 0.05) is 34.5 Å². The molecule has 0 amide bonds. The third-order valence-corrected chi connectivity index (χ3v) is 6.25. The second-order valence-electron chi connectivity index (χ2n) is 7.92. The number of hydrogen-bond donors (Lipinski definition) is 2. The van der Waals surface area contributed by atoms with Gasteiger partial charge >= 0.3 is 5.97 Å². The fourth-order valence-electron chi connectivity index (χ4n) is 4.87. The highest BCUT2D eigenvalue weighted by Crippen LogP contribution is 2.57. The first kappa shape index (κ1) is 16.2. The summed E-state index contributed by atoms with van der Waals surface area (Å²) in [7, 11) is 0. The molecule has 0 saturated carbocycles. The Bertz CT molecular complexity index is 848. The lowest BCUT2D eigenvalue weighted by molar-refractivity contribution is -0.136. The maximum Gasteiger partial charge on any atom is 0.334 e. The number of ketones is 1. The van der Waals surface area contributed by atoms with Crippen LogP contribution in [0.1, 0.15) is 67.4 Å². The smallest absolute Gasteiger partial charge is 0.334 e. The number of hydrogen-bond acceptors (Lipinski definition) is 5. The lowest BCUT2D eigenvalue weighted by Gasteiger charge is -2.46. The number of esters is 1. The second-order valence-corrected chi connectivity index (χ2v) is 7.92. The van der Waals surface area contributed by atoms with Crippen LogP contribution in [0.25, 0.3) is 0 Å². The van der Waals surface area contributed by atoms with Gasteiger partial charge in [-0.25, -0.2) is 4.79 Å². The number of rotatable bonds is 1. The fraction of sp³-hybridized carbons (Fsp3) is 0.500. The summed E-state index contributed by atoms with van der Waals surface area (Å²) in [5, 5.41) is 21.5. The van der Waals surface area contributed by atoms with Crippen LogP contribution in [0.4, 0.5) is 0 Å². The van der Waals surface area contributed by atoms with Crippen LogP contribution < -0.4 is 0 Å². The lowest BCUT2D eigenvalue weighted by atomic mass is 9.56. The van der Waals surface area contributed by atoms with Crippen molar-refractivity contribution in [1.29, 1.82) is 0 Å². The van der Waals surface area contributed by atoms with Crippen LogP contribution in [0.5, 0.6) is 11.5 Å². The molecule has 1 aromatic rings. The first-order valence-corrected chi connectivity index (χ1v) is 8.77. The average molecular weight is 342 g/mol. The van der Waals surface area contributed by atoms with Crippen LogP contribution in [0.15, 0.2) is 17.2 Å². The summed E-state index contributed by atoms with van der Waals surface area (Å²) in [4.78, 5) is 24.8. The summed E-state index contributed by atoms with van der Waals surface area (Å²) in [5.41, 5.74) is 2.47. The Morgan fingerprint density at radius 3 is 2.68 bits per heavy atom. The molecule has 0 saturated heterocycles. The van der Waals surface area contributed by atoms with E-state index in [9.17, 15) is 19.8 Å². The number of aromatic hydroxyl groups is 2. The van der Waals surface area contributed by atoms with Gasteiger partial charge in [0.15, 0.2) is 5.78 Å². The van der Waals surface area contributed by atoms with Crippen molar-refractivity contribution in [3.63, 3.8) is 0 Å². The summed E-state index contributed by atoms with van der Waals surface area (Å²) >= 11 is 0. The quantitative estimate of drug-likeness (QED) is 0.604. The highest BCUT2D eigenvalue weighted by molar-refractivity contribution is 6.04. The number of phenols is 2. The van der Waals surface area contributed by atoms with E-state index in [-0.39, 0.29) is 53.7 Å². The Labute approximate surface area is 146 Å². The van der Waals surface area contributed by atoms with Gasteiger partial charge in [0.2, 0.25) is 0 Å². The number of carbonyl (C=O) groups is 2. The molecule has 0 spiro atoms. The van der Waals surface area contributed by atoms with E-state index in [0.29, 0.717) is 29.5 Å². The minimum absolute atomic E-state index is 0.00366. The molecule has 2 atom stereocenters. The van der Waals surface area contributed by atoms with Crippen molar-refractivity contribution in [2.45, 2.75) is 51.4 Å². The molecule has 3 aliphatic rings. The molecule has 2 unspecified atom stereocenters. The third kappa shape index (κ3) is 2.01. The molecule has 2 aliphatic carbocycles. The fourth-order valence-corrected chi connectivity index (χ4v) is 4.87. The standard InChI is InChI=1S/C20H22O5/c1-9(2)11-6-15(22)17-16(18(11)23)14(21)7-13-12-8-25-19(24)10(12)4-5-20(13,17)3/h6,9,13,22-23H,4-5,7-8H2,1-3H3. The predicted molar refractivity (Wildman–Crippen MR) is 90.9 cm³/mol. The normalized spacial score (nSPS) is 27.9. The Kier molecular flexibility index (Phi) is 3.30. The summed E-state index contributed by atoms with van der Waals surface area (Å²) in [6.45, 7) is 6.08. The molecule has 1 heterocycles. The van der Waals surface area contributed by atoms with Crippen molar-refractivity contribution in [1.82, 2.24) is 0 Å². The van der Waals surface area contributed by atoms with Gasteiger partial charge in [-0.2, -0.15) is 0 Å². The minimum Gasteiger partial charge on any atom is -0.508 e. The second kappa shape index (κ2) is 5.10. The van der Waals surface area contributed by atoms with Gasteiger partial charge in [0.25, 0.3) is 0 Å². The molecule has 0 aromatic heterocycles. The molecule has 132 valence electrons. The zero-order chi connectivity index (χ0) is 18.1. The zero-order valence-corrected chi connectivity index (χ0v) is 14.7. The first-order chi connectivity index (χ1) is 11.8. The Morgan fingerprint density at radius 1 is 1.28 bits per heavy atom. The number of ether oxygens (including phenoxy) is 1. The Hall–Kier alpha value is -2.30. The highest BCUT2D eigenvalue weighted by atomic mass is 16.5. The van der Waals surface area contributed by atoms with E-state index < -0.39 is 5.41 Å². The van der Waals surface area contributed by atoms with Crippen LogP contribution >= 0.6 is 0 Å². The number of phenolic OH excluding ortho intramolecular Hbond substituents is 2. The van der Waals surface area contributed by atoms with Gasteiger partial charge in [0.1, 0.15) is 18.1 Å². The molecule has 0 bridgehead atoms. The van der Waals surface area contributed by atoms with E-state index in [0.717, 1.165) is 5.57 Å². The number of Topliss-reactive ketones (excluding diaryl/α,β-unsaturated/α-hetero) is 1. The van der Waals surface area contributed by atoms with E-state index in [4.69, 9.17) is 4.74 Å². The minimum atomic E-state index is -0.493. The monoisotopic (exact) mass is 342 g/mol. The van der Waals surface area contributed by atoms with Crippen LogP contribution in [0, 0.1) is 5.92 Å². The van der Waals surface area contributed by atoms with Crippen molar-refractivity contribution in [2.24, 2.45) is 5.92 Å². The first-order valence-electron chi connectivity index (χ1n) is 8.77. The molecule has 2 N–H and O–H groups in total. The van der Waals surface area contributed by atoms with Crippen molar-refractivity contribution in [2.75, 3.05) is 6.61 Å². The Balaban J connectivity index is 1.96. The van der Waals surface area contributed by atoms with Crippen LogP contribution in [-0.4, -0.2) is 28.6 Å². The van der Waals surface area contributed by atoms with Crippen LogP contribution in [0.3, 0.4) is 0 Å². The molecule has 5 nitrogen and oxygen atoms in total. The van der Waals surface area contributed by atoms with Crippen molar-refractivity contribution >= 4 is 11.8 Å². The number of carbonyl (C=O) groups excluding carboxylic acids is 2. The van der Waals surface area contributed by atoms with E-state index in [2.05, 4.69) is 0 Å². The molecule has 5 heteroatoms. The number of cyclic esters (lactones) is 1. The molecule has 0 radical (unpaired) electrons. The molecule has 1 aliphatic heterocycles. The Morgan fingerprint density at radius 2 is 2.00 bits per heavy atom. The van der Waals surface area contributed by atoms with Gasteiger partial charge in [-0.05, 0) is 30.4 Å². The molecule has 1 aromatic carbocycles.